The van der Waals surface area contributed by atoms with Gasteiger partial charge in [-0.15, -0.1) is 0 Å². The largest absolute Gasteiger partial charge is 0.351 e. The van der Waals surface area contributed by atoms with E-state index in [1.807, 2.05) is 18.2 Å². The number of rotatable bonds is 4. The molecule has 0 fully saturated rings. The molecule has 0 bridgehead atoms. The molecule has 0 aromatic carbocycles. The van der Waals surface area contributed by atoms with Gasteiger partial charge in [-0.2, -0.15) is 0 Å². The van der Waals surface area contributed by atoms with Crippen LogP contribution in [0.25, 0.3) is 0 Å². The number of pyridine rings is 1. The summed E-state index contributed by atoms with van der Waals surface area (Å²) in [6.07, 6.45) is 2.42. The Morgan fingerprint density at radius 3 is 2.93 bits per heavy atom. The molecule has 1 amide bonds. The second-order valence-corrected chi connectivity index (χ2v) is 2.95. The van der Waals surface area contributed by atoms with Gasteiger partial charge in [0, 0.05) is 24.9 Å². The lowest BCUT2D eigenvalue weighted by molar-refractivity contribution is -0.114. The molecule has 0 aliphatic carbocycles. The highest BCUT2D eigenvalue weighted by molar-refractivity contribution is 6.36. The van der Waals surface area contributed by atoms with Crippen LogP contribution in [0.15, 0.2) is 24.4 Å². The minimum Gasteiger partial charge on any atom is -0.351 e. The van der Waals surface area contributed by atoms with Crippen LogP contribution in [0.1, 0.15) is 12.6 Å². The van der Waals surface area contributed by atoms with Crippen LogP contribution in [0.4, 0.5) is 0 Å². The minimum atomic E-state index is -0.319. The first-order valence-electron chi connectivity index (χ1n) is 4.43. The second kappa shape index (κ2) is 5.11. The van der Waals surface area contributed by atoms with Crippen molar-refractivity contribution in [1.82, 2.24) is 10.3 Å². The summed E-state index contributed by atoms with van der Waals surface area (Å²) < 4.78 is 0. The molecule has 0 atom stereocenters. The van der Waals surface area contributed by atoms with Crippen LogP contribution in [0.5, 0.6) is 0 Å². The molecule has 14 heavy (non-hydrogen) atoms. The lowest BCUT2D eigenvalue weighted by atomic mass is 10.2. The summed E-state index contributed by atoms with van der Waals surface area (Å²) >= 11 is 0. The van der Waals surface area contributed by atoms with Gasteiger partial charge in [0.2, 0.25) is 0 Å². The number of carbonyl (C=O) groups is 1. The van der Waals surface area contributed by atoms with E-state index in [9.17, 15) is 4.79 Å². The van der Waals surface area contributed by atoms with Crippen molar-refractivity contribution in [2.45, 2.75) is 13.3 Å². The topological polar surface area (TPSA) is 65.8 Å². The summed E-state index contributed by atoms with van der Waals surface area (Å²) in [5.74, 6) is -0.319. The summed E-state index contributed by atoms with van der Waals surface area (Å²) in [5, 5.41) is 9.68. The maximum Gasteiger partial charge on any atom is 0.264 e. The Hall–Kier alpha value is -1.71. The first-order chi connectivity index (χ1) is 6.70. The molecule has 0 radical (unpaired) electrons. The Labute approximate surface area is 82.9 Å². The normalized spacial score (nSPS) is 9.50. The van der Waals surface area contributed by atoms with Crippen molar-refractivity contribution in [3.63, 3.8) is 0 Å². The number of nitrogens with one attached hydrogen (secondary N) is 2. The molecule has 4 nitrogen and oxygen atoms in total. The maximum atomic E-state index is 11.0. The van der Waals surface area contributed by atoms with Gasteiger partial charge in [-0.3, -0.25) is 15.2 Å². The number of aromatic nitrogens is 1. The standard InChI is InChI=1S/C10H13N3O/c1-8(11)10(14)13-7-5-9-4-2-3-6-12-9/h2-4,6,11H,5,7H2,1H3,(H,13,14). The van der Waals surface area contributed by atoms with Gasteiger partial charge in [-0.1, -0.05) is 6.07 Å². The predicted octanol–water partition coefficient (Wildman–Crippen LogP) is 0.780. The molecule has 0 unspecified atom stereocenters. The molecule has 4 heteroatoms. The van der Waals surface area contributed by atoms with E-state index in [2.05, 4.69) is 10.3 Å². The number of hydrogen-bond acceptors (Lipinski definition) is 3. The van der Waals surface area contributed by atoms with Crippen LogP contribution in [-0.4, -0.2) is 23.1 Å². The fourth-order valence-corrected chi connectivity index (χ4v) is 0.983. The van der Waals surface area contributed by atoms with E-state index in [-0.39, 0.29) is 11.6 Å². The number of carbonyl (C=O) groups excluding carboxylic acids is 1. The van der Waals surface area contributed by atoms with Crippen molar-refractivity contribution in [3.8, 4) is 0 Å². The molecule has 1 heterocycles. The van der Waals surface area contributed by atoms with E-state index in [1.54, 1.807) is 6.20 Å². The van der Waals surface area contributed by atoms with Crippen LogP contribution in [-0.2, 0) is 11.2 Å². The third kappa shape index (κ3) is 3.35. The van der Waals surface area contributed by atoms with Crippen LogP contribution < -0.4 is 5.32 Å². The van der Waals surface area contributed by atoms with Gasteiger partial charge in [0.05, 0.1) is 5.71 Å². The van der Waals surface area contributed by atoms with Gasteiger partial charge in [0.15, 0.2) is 0 Å². The van der Waals surface area contributed by atoms with E-state index in [0.29, 0.717) is 13.0 Å². The Bertz CT molecular complexity index is 321. The average Bonchev–Trinajstić information content (AvgIpc) is 2.19. The van der Waals surface area contributed by atoms with Crippen LogP contribution in [0, 0.1) is 5.41 Å². The van der Waals surface area contributed by atoms with Crippen molar-refractivity contribution in [2.75, 3.05) is 6.54 Å². The zero-order chi connectivity index (χ0) is 10.4. The first kappa shape index (κ1) is 10.4. The van der Waals surface area contributed by atoms with Crippen LogP contribution >= 0.6 is 0 Å². The van der Waals surface area contributed by atoms with E-state index in [1.165, 1.54) is 6.92 Å². The molecule has 0 aliphatic heterocycles. The van der Waals surface area contributed by atoms with Crippen molar-refractivity contribution in [2.24, 2.45) is 0 Å². The minimum absolute atomic E-state index is 0.0334. The Kier molecular flexibility index (Phi) is 3.79. The van der Waals surface area contributed by atoms with Gasteiger partial charge < -0.3 is 5.32 Å². The van der Waals surface area contributed by atoms with Gasteiger partial charge in [-0.25, -0.2) is 0 Å². The third-order valence-electron chi connectivity index (χ3n) is 1.73. The highest BCUT2D eigenvalue weighted by atomic mass is 16.1. The van der Waals surface area contributed by atoms with Crippen molar-refractivity contribution < 1.29 is 4.79 Å². The van der Waals surface area contributed by atoms with Gasteiger partial charge in [0.1, 0.15) is 0 Å². The molecular formula is C10H13N3O. The quantitative estimate of drug-likeness (QED) is 0.691. The van der Waals surface area contributed by atoms with Crippen molar-refractivity contribution in [3.05, 3.63) is 30.1 Å². The zero-order valence-electron chi connectivity index (χ0n) is 8.08. The maximum absolute atomic E-state index is 11.0. The van der Waals surface area contributed by atoms with E-state index >= 15 is 0 Å². The molecule has 0 saturated carbocycles. The molecule has 74 valence electrons. The first-order valence-corrected chi connectivity index (χ1v) is 4.43. The highest BCUT2D eigenvalue weighted by Crippen LogP contribution is 1.92. The van der Waals surface area contributed by atoms with Gasteiger partial charge in [-0.05, 0) is 19.1 Å². The smallest absolute Gasteiger partial charge is 0.264 e. The molecule has 0 aliphatic rings. The lowest BCUT2D eigenvalue weighted by Crippen LogP contribution is -2.30. The zero-order valence-corrected chi connectivity index (χ0v) is 8.08. The Morgan fingerprint density at radius 2 is 2.36 bits per heavy atom. The van der Waals surface area contributed by atoms with Crippen molar-refractivity contribution >= 4 is 11.6 Å². The highest BCUT2D eigenvalue weighted by Gasteiger charge is 2.01. The SMILES string of the molecule is CC(=N)C(=O)NCCc1ccccn1. The second-order valence-electron chi connectivity index (χ2n) is 2.95. The fraction of sp³-hybridized carbons (Fsp3) is 0.300. The molecule has 1 aromatic rings. The van der Waals surface area contributed by atoms with E-state index < -0.39 is 0 Å². The molecular weight excluding hydrogens is 178 g/mol. The summed E-state index contributed by atoms with van der Waals surface area (Å²) in [6.45, 7) is 1.99. The van der Waals surface area contributed by atoms with Crippen LogP contribution in [0.2, 0.25) is 0 Å². The molecule has 0 spiro atoms. The number of hydrogen-bond donors (Lipinski definition) is 2. The third-order valence-corrected chi connectivity index (χ3v) is 1.73. The fourth-order valence-electron chi connectivity index (χ4n) is 0.983. The van der Waals surface area contributed by atoms with Gasteiger partial charge in [0.25, 0.3) is 5.91 Å². The van der Waals surface area contributed by atoms with Crippen LogP contribution in [0.3, 0.4) is 0 Å². The van der Waals surface area contributed by atoms with E-state index in [0.717, 1.165) is 5.69 Å². The summed E-state index contributed by atoms with van der Waals surface area (Å²) in [7, 11) is 0. The Morgan fingerprint density at radius 1 is 1.57 bits per heavy atom. The number of nitrogens with zero attached hydrogens (tertiary/aromatic N) is 1. The van der Waals surface area contributed by atoms with Gasteiger partial charge >= 0.3 is 0 Å². The summed E-state index contributed by atoms with van der Waals surface area (Å²) in [6, 6.07) is 5.67. The molecule has 0 saturated heterocycles. The number of amides is 1. The molecule has 1 aromatic heterocycles. The average molecular weight is 191 g/mol. The lowest BCUT2D eigenvalue weighted by Gasteiger charge is -2.02. The van der Waals surface area contributed by atoms with Crippen molar-refractivity contribution in [1.29, 1.82) is 5.41 Å². The summed E-state index contributed by atoms with van der Waals surface area (Å²) in [4.78, 5) is 15.1. The predicted molar refractivity (Wildman–Crippen MR) is 54.4 cm³/mol. The van der Waals surface area contributed by atoms with E-state index in [4.69, 9.17) is 5.41 Å². The molecule has 2 N–H and O–H groups in total. The molecule has 1 rings (SSSR count). The Balaban J connectivity index is 2.29. The summed E-state index contributed by atoms with van der Waals surface area (Å²) in [5.41, 5.74) is 0.974. The monoisotopic (exact) mass is 191 g/mol.